The van der Waals surface area contributed by atoms with Gasteiger partial charge in [-0.05, 0) is 69.4 Å². The summed E-state index contributed by atoms with van der Waals surface area (Å²) in [5, 5.41) is 26.1. The van der Waals surface area contributed by atoms with Crippen molar-refractivity contribution in [1.29, 1.82) is 0 Å². The highest BCUT2D eigenvalue weighted by Crippen LogP contribution is 2.52. The number of halogens is 1. The van der Waals surface area contributed by atoms with E-state index in [4.69, 9.17) is 17.3 Å². The smallest absolute Gasteiger partial charge is 0.235 e. The van der Waals surface area contributed by atoms with E-state index < -0.39 is 64.4 Å². The Morgan fingerprint density at radius 2 is 1.92 bits per heavy atom. The molecule has 5 rings (SSSR count). The second-order valence-corrected chi connectivity index (χ2v) is 11.0. The Kier molecular flexibility index (Phi) is 5.86. The molecule has 1 aromatic rings. The first kappa shape index (κ1) is 25.0. The predicted octanol–water partition coefficient (Wildman–Crippen LogP) is -0.0551. The maximum Gasteiger partial charge on any atom is 0.235 e. The summed E-state index contributed by atoms with van der Waals surface area (Å²) in [6.45, 7) is 0.803. The molecule has 0 spiro atoms. The van der Waals surface area contributed by atoms with Crippen LogP contribution in [-0.2, 0) is 25.6 Å². The molecule has 2 saturated carbocycles. The van der Waals surface area contributed by atoms with E-state index in [-0.39, 0.29) is 30.2 Å². The number of nitrogens with zero attached hydrogens (tertiary/aromatic N) is 1. The first-order chi connectivity index (χ1) is 16.9. The van der Waals surface area contributed by atoms with Gasteiger partial charge in [0.25, 0.3) is 0 Å². The second-order valence-electron chi connectivity index (χ2n) is 10.6. The molecule has 36 heavy (non-hydrogen) atoms. The van der Waals surface area contributed by atoms with E-state index in [9.17, 15) is 34.2 Å². The summed E-state index contributed by atoms with van der Waals surface area (Å²) >= 11 is 6.75. The Balaban J connectivity index is 1.63. The molecule has 0 radical (unpaired) electrons. The largest absolute Gasteiger partial charge is 0.507 e. The van der Waals surface area contributed by atoms with Gasteiger partial charge >= 0.3 is 0 Å². The number of aromatic hydroxyl groups is 1. The summed E-state index contributed by atoms with van der Waals surface area (Å²) in [5.74, 6) is -10.7. The van der Waals surface area contributed by atoms with Crippen molar-refractivity contribution >= 4 is 40.6 Å². The number of ketones is 4. The highest BCUT2D eigenvalue weighted by molar-refractivity contribution is 6.35. The second kappa shape index (κ2) is 8.44. The molecule has 7 unspecified atom stereocenters. The third-order valence-electron chi connectivity index (χ3n) is 8.46. The van der Waals surface area contributed by atoms with E-state index in [1.165, 1.54) is 11.0 Å². The maximum absolute atomic E-state index is 13.8. The fourth-order valence-corrected chi connectivity index (χ4v) is 7.23. The van der Waals surface area contributed by atoms with Crippen molar-refractivity contribution in [3.05, 3.63) is 27.8 Å². The lowest BCUT2D eigenvalue weighted by Crippen LogP contribution is -2.74. The van der Waals surface area contributed by atoms with Gasteiger partial charge in [0.1, 0.15) is 5.75 Å². The van der Waals surface area contributed by atoms with Gasteiger partial charge in [-0.2, -0.15) is 0 Å². The Bertz CT molecular complexity index is 1220. The van der Waals surface area contributed by atoms with Crippen LogP contribution in [0.25, 0.3) is 0 Å². The molecule has 0 aromatic heterocycles. The minimum Gasteiger partial charge on any atom is -0.507 e. The van der Waals surface area contributed by atoms with E-state index >= 15 is 0 Å². The summed E-state index contributed by atoms with van der Waals surface area (Å²) in [6.07, 6.45) is 1.91. The zero-order valence-corrected chi connectivity index (χ0v) is 20.7. The summed E-state index contributed by atoms with van der Waals surface area (Å²) in [5.41, 5.74) is 3.60. The number of carbonyl (C=O) groups is 5. The molecule has 1 aromatic carbocycles. The van der Waals surface area contributed by atoms with Gasteiger partial charge in [0, 0.05) is 17.0 Å². The molecule has 3 fully saturated rings. The highest BCUT2D eigenvalue weighted by atomic mass is 35.5. The monoisotopic (exact) mass is 517 g/mol. The van der Waals surface area contributed by atoms with E-state index in [2.05, 4.69) is 5.32 Å². The molecule has 3 aliphatic carbocycles. The number of fused-ring (bicyclic) bond motifs is 3. The summed E-state index contributed by atoms with van der Waals surface area (Å²) < 4.78 is 0. The van der Waals surface area contributed by atoms with Crippen LogP contribution in [0.3, 0.4) is 0 Å². The van der Waals surface area contributed by atoms with Crippen LogP contribution >= 0.6 is 11.6 Å². The van der Waals surface area contributed by atoms with E-state index in [0.717, 1.165) is 19.4 Å². The topological polar surface area (TPSA) is 167 Å². The van der Waals surface area contributed by atoms with Crippen molar-refractivity contribution in [2.24, 2.45) is 29.4 Å². The van der Waals surface area contributed by atoms with E-state index in [1.807, 2.05) is 0 Å². The number of benzene rings is 1. The molecule has 4 aliphatic rings. The predicted molar refractivity (Wildman–Crippen MR) is 126 cm³/mol. The van der Waals surface area contributed by atoms with Crippen LogP contribution in [0.5, 0.6) is 5.75 Å². The van der Waals surface area contributed by atoms with Gasteiger partial charge in [-0.15, -0.1) is 0 Å². The number of phenolic OH excluding ortho intramolecular Hbond substituents is 1. The number of nitrogens with two attached hydrogens (primary N) is 1. The lowest BCUT2D eigenvalue weighted by Gasteiger charge is -2.52. The molecule has 192 valence electrons. The quantitative estimate of drug-likeness (QED) is 0.401. The number of hydrogen-bond donors (Lipinski definition) is 4. The number of aliphatic hydroxyl groups is 1. The number of primary amides is 1. The number of rotatable bonds is 3. The van der Waals surface area contributed by atoms with Crippen molar-refractivity contribution in [3.8, 4) is 5.75 Å². The molecule has 10 nitrogen and oxygen atoms in total. The number of amides is 1. The van der Waals surface area contributed by atoms with Gasteiger partial charge in [0.15, 0.2) is 34.7 Å². The fraction of sp³-hybridized carbons (Fsp3) is 0.560. The molecular formula is C25H28ClN3O7. The third kappa shape index (κ3) is 3.24. The minimum atomic E-state index is -2.73. The molecule has 11 heteroatoms. The normalized spacial score (nSPS) is 36.0. The Morgan fingerprint density at radius 3 is 2.50 bits per heavy atom. The number of Topliss-reactive ketones (excluding diaryl/α,β-unsaturated/α-hetero) is 4. The van der Waals surface area contributed by atoms with Crippen LogP contribution in [-0.4, -0.2) is 76.4 Å². The van der Waals surface area contributed by atoms with Gasteiger partial charge in [0.05, 0.1) is 17.5 Å². The van der Waals surface area contributed by atoms with Crippen molar-refractivity contribution < 1.29 is 34.2 Å². The summed E-state index contributed by atoms with van der Waals surface area (Å²) in [4.78, 5) is 67.3. The average molecular weight is 518 g/mol. The van der Waals surface area contributed by atoms with Gasteiger partial charge in [-0.25, -0.2) is 0 Å². The Hall–Kier alpha value is -2.66. The zero-order valence-electron chi connectivity index (χ0n) is 19.9. The van der Waals surface area contributed by atoms with Crippen LogP contribution in [0, 0.1) is 23.7 Å². The van der Waals surface area contributed by atoms with E-state index in [1.54, 1.807) is 14.1 Å². The number of nitrogens with one attached hydrogen (secondary N) is 1. The lowest BCUT2D eigenvalue weighted by molar-refractivity contribution is -0.181. The van der Waals surface area contributed by atoms with Crippen LogP contribution in [0.2, 0.25) is 5.02 Å². The molecule has 1 aliphatic heterocycles. The van der Waals surface area contributed by atoms with Gasteiger partial charge in [0.2, 0.25) is 5.91 Å². The standard InChI is InChI=1S/C25H28ClN3O7/c1-29(2)19-12-7-9-6-11-16(14(30)8-10(18(11)26)13-4-3-5-28-13)20(31)15(9)22(33)25(12,36)23(34)17(21(19)32)24(27)35/h8-9,12-13,15,17,19,28,30,36H,3-7H2,1-2H3,(H2,27,35). The number of phenols is 1. The third-order valence-corrected chi connectivity index (χ3v) is 8.90. The van der Waals surface area contributed by atoms with Crippen molar-refractivity contribution in [2.45, 2.75) is 43.4 Å². The molecule has 1 amide bonds. The van der Waals surface area contributed by atoms with Gasteiger partial charge in [-0.3, -0.25) is 28.9 Å². The molecule has 1 heterocycles. The van der Waals surface area contributed by atoms with Crippen molar-refractivity contribution in [2.75, 3.05) is 20.6 Å². The number of hydrogen-bond acceptors (Lipinski definition) is 9. The molecular weight excluding hydrogens is 490 g/mol. The van der Waals surface area contributed by atoms with Crippen LogP contribution in [0.1, 0.15) is 46.8 Å². The van der Waals surface area contributed by atoms with Crippen molar-refractivity contribution in [1.82, 2.24) is 10.2 Å². The molecule has 5 N–H and O–H groups in total. The molecule has 0 bridgehead atoms. The number of likely N-dealkylation sites (N-methyl/N-ethyl adjacent to an activating group) is 1. The Morgan fingerprint density at radius 1 is 1.22 bits per heavy atom. The average Bonchev–Trinajstić information content (AvgIpc) is 3.32. The Labute approximate surface area is 212 Å². The van der Waals surface area contributed by atoms with Crippen LogP contribution in [0.15, 0.2) is 6.07 Å². The first-order valence-corrected chi connectivity index (χ1v) is 12.4. The summed E-state index contributed by atoms with van der Waals surface area (Å²) in [7, 11) is 3.09. The SMILES string of the molecule is CN(C)C1C(=O)C(C(N)=O)C(=O)C2(O)C(=O)C3C(=O)c4c(O)cc(C5CCCN5)c(Cl)c4CC3CC12. The minimum absolute atomic E-state index is 0.00705. The van der Waals surface area contributed by atoms with E-state index in [0.29, 0.717) is 16.1 Å². The zero-order chi connectivity index (χ0) is 26.3. The first-order valence-electron chi connectivity index (χ1n) is 12.0. The highest BCUT2D eigenvalue weighted by Gasteiger charge is 2.69. The fourth-order valence-electron chi connectivity index (χ4n) is 6.87. The maximum atomic E-state index is 13.8. The van der Waals surface area contributed by atoms with Gasteiger partial charge < -0.3 is 21.3 Å². The summed E-state index contributed by atoms with van der Waals surface area (Å²) in [6, 6.07) is 0.226. The number of carbonyl (C=O) groups excluding carboxylic acids is 5. The van der Waals surface area contributed by atoms with Crippen molar-refractivity contribution in [3.63, 3.8) is 0 Å². The van der Waals surface area contributed by atoms with Crippen LogP contribution in [0.4, 0.5) is 0 Å². The van der Waals surface area contributed by atoms with Crippen LogP contribution < -0.4 is 11.1 Å². The van der Waals surface area contributed by atoms with Gasteiger partial charge in [-0.1, -0.05) is 11.6 Å². The lowest BCUT2D eigenvalue weighted by atomic mass is 9.52. The molecule has 1 saturated heterocycles. The molecule has 7 atom stereocenters.